The molecule has 4 aromatic rings. The van der Waals surface area contributed by atoms with Gasteiger partial charge in [-0.2, -0.15) is 0 Å². The van der Waals surface area contributed by atoms with Gasteiger partial charge >= 0.3 is 17.7 Å². The lowest BCUT2D eigenvalue weighted by molar-refractivity contribution is -0.139. The molecule has 1 aliphatic heterocycles. The number of benzene rings is 2. The summed E-state index contributed by atoms with van der Waals surface area (Å²) in [5, 5.41) is 40.9. The topological polar surface area (TPSA) is 320 Å². The van der Waals surface area contributed by atoms with Crippen LogP contribution in [0.3, 0.4) is 0 Å². The summed E-state index contributed by atoms with van der Waals surface area (Å²) in [5.41, 5.74) is 6.62. The number of phenols is 1. The first-order valence-corrected chi connectivity index (χ1v) is 20.6. The summed E-state index contributed by atoms with van der Waals surface area (Å²) >= 11 is 0. The van der Waals surface area contributed by atoms with Crippen LogP contribution in [0.5, 0.6) is 5.75 Å². The summed E-state index contributed by atoms with van der Waals surface area (Å²) in [6.45, 7) is -0.476. The SMILES string of the molecule is CN(C[C@H](NC(=O)[C@H](CCS(C)=O)NC(=O)N[C@@H](Cc1c[nH]c2ccccc12)C(=O)O)C(=O)N/C=C1/C[C@@H](O)[C@H](n2ccc(=O)[nH]c2=O)O1)C(=O)[C@@H](N)Cc1cccc(O)c1. The van der Waals surface area contributed by atoms with Crippen molar-refractivity contribution < 1.29 is 48.2 Å². The van der Waals surface area contributed by atoms with E-state index in [1.807, 2.05) is 6.07 Å². The number of carboxylic acids is 1. The molecule has 61 heavy (non-hydrogen) atoms. The monoisotopic (exact) mass is 865 g/mol. The van der Waals surface area contributed by atoms with Crippen LogP contribution in [-0.2, 0) is 47.6 Å². The van der Waals surface area contributed by atoms with Crippen molar-refractivity contribution in [2.24, 2.45) is 5.73 Å². The fraction of sp³-hybridized carbons (Fsp3) is 0.359. The molecule has 0 aliphatic carbocycles. The van der Waals surface area contributed by atoms with Crippen LogP contribution >= 0.6 is 0 Å². The fourth-order valence-electron chi connectivity index (χ4n) is 6.57. The van der Waals surface area contributed by atoms with E-state index >= 15 is 0 Å². The van der Waals surface area contributed by atoms with E-state index in [-0.39, 0.29) is 42.9 Å². The Hall–Kier alpha value is -6.78. The number of hydrogen-bond donors (Lipinski definition) is 10. The number of phenolic OH excluding ortho intramolecular Hbond substituents is 1. The Kier molecular flexibility index (Phi) is 15.2. The van der Waals surface area contributed by atoms with Crippen molar-refractivity contribution in [1.82, 2.24) is 40.7 Å². The number of ether oxygens (including phenoxy) is 1. The van der Waals surface area contributed by atoms with Gasteiger partial charge in [-0.3, -0.25) is 32.9 Å². The fourth-order valence-corrected chi connectivity index (χ4v) is 7.14. The smallest absolute Gasteiger partial charge is 0.331 e. The number of urea groups is 1. The normalized spacial score (nSPS) is 17.9. The van der Waals surface area contributed by atoms with Crippen molar-refractivity contribution in [3.05, 3.63) is 111 Å². The molecule has 1 fully saturated rings. The second-order valence-electron chi connectivity index (χ2n) is 14.4. The maximum absolute atomic E-state index is 13.9. The number of rotatable bonds is 18. The lowest BCUT2D eigenvalue weighted by Crippen LogP contribution is -2.59. The number of para-hydroxylation sites is 1. The number of aliphatic hydroxyl groups excluding tert-OH is 1. The third kappa shape index (κ3) is 12.4. The minimum Gasteiger partial charge on any atom is -0.508 e. The Morgan fingerprint density at radius 1 is 1.02 bits per heavy atom. The van der Waals surface area contributed by atoms with Gasteiger partial charge in [-0.1, -0.05) is 30.3 Å². The number of nitrogens with two attached hydrogens (primary N) is 1. The number of aromatic hydroxyl groups is 1. The first-order valence-electron chi connectivity index (χ1n) is 18.9. The number of carbonyl (C=O) groups excluding carboxylic acids is 4. The van der Waals surface area contributed by atoms with Crippen LogP contribution in [0.4, 0.5) is 4.79 Å². The number of carboxylic acid groups (broad SMARTS) is 1. The van der Waals surface area contributed by atoms with Crippen molar-refractivity contribution in [1.29, 1.82) is 0 Å². The van der Waals surface area contributed by atoms with E-state index in [1.54, 1.807) is 36.5 Å². The van der Waals surface area contributed by atoms with Gasteiger partial charge in [0.15, 0.2) is 0 Å². The number of nitrogens with zero attached hydrogens (tertiary/aromatic N) is 2. The van der Waals surface area contributed by atoms with E-state index < -0.39 is 94.8 Å². The van der Waals surface area contributed by atoms with Crippen molar-refractivity contribution in [3.63, 3.8) is 0 Å². The number of amides is 5. The van der Waals surface area contributed by atoms with Gasteiger partial charge in [0.1, 0.15) is 35.7 Å². The van der Waals surface area contributed by atoms with Crippen LogP contribution in [0.1, 0.15) is 30.2 Å². The van der Waals surface area contributed by atoms with Gasteiger partial charge in [0.05, 0.1) is 6.04 Å². The summed E-state index contributed by atoms with van der Waals surface area (Å²) in [6.07, 6.45) is 2.20. The number of likely N-dealkylation sites (N-methyl/N-ethyl adjacent to an activating group) is 1. The Labute approximate surface area is 349 Å². The molecule has 21 nitrogen and oxygen atoms in total. The molecule has 11 N–H and O–H groups in total. The number of aliphatic hydroxyl groups is 1. The summed E-state index contributed by atoms with van der Waals surface area (Å²) in [4.78, 5) is 96.7. The molecule has 1 saturated heterocycles. The van der Waals surface area contributed by atoms with Gasteiger partial charge in [-0.05, 0) is 42.2 Å². The van der Waals surface area contributed by atoms with E-state index in [1.165, 1.54) is 25.4 Å². The minimum atomic E-state index is -1.55. The van der Waals surface area contributed by atoms with Crippen LogP contribution in [0, 0.1) is 0 Å². The number of carbonyl (C=O) groups is 5. The number of aromatic nitrogens is 3. The molecule has 326 valence electrons. The molecule has 7 atom stereocenters. The lowest BCUT2D eigenvalue weighted by atomic mass is 10.0. The van der Waals surface area contributed by atoms with Crippen molar-refractivity contribution in [2.45, 2.75) is 62.2 Å². The standard InChI is InChI=1S/C39H47N9O12S/c1-47(35(54)26(40)15-21-6-5-7-23(49)14-21)20-30(33(52)42-19-24-17-31(50)36(60-24)48-12-10-32(51)46-39(48)58)43-34(53)28(11-13-61(2)59)44-38(57)45-29(37(55)56)16-22-18-41-27-9-4-3-8-25(22)27/h3-10,12,14,18-19,26,28-31,36,41,49-50H,11,13,15-17,20,40H2,1-2H3,(H,42,52)(H,43,53)(H,55,56)(H2,44,45,57)(H,46,51,58)/b24-19-/t26-,28-,29-,30-,31+,36+,61?/m0/s1. The highest BCUT2D eigenvalue weighted by Crippen LogP contribution is 2.30. The van der Waals surface area contributed by atoms with Crippen molar-refractivity contribution in [3.8, 4) is 5.75 Å². The van der Waals surface area contributed by atoms with Crippen molar-refractivity contribution >= 4 is 51.4 Å². The van der Waals surface area contributed by atoms with E-state index in [4.69, 9.17) is 10.5 Å². The molecule has 2 aromatic carbocycles. The average Bonchev–Trinajstić information content (AvgIpc) is 3.79. The highest BCUT2D eigenvalue weighted by molar-refractivity contribution is 7.84. The van der Waals surface area contributed by atoms with Crippen LogP contribution in [0.2, 0.25) is 0 Å². The Morgan fingerprint density at radius 3 is 2.46 bits per heavy atom. The number of aliphatic carboxylic acids is 1. The maximum Gasteiger partial charge on any atom is 0.331 e. The zero-order valence-corrected chi connectivity index (χ0v) is 33.8. The number of hydrogen-bond acceptors (Lipinski definition) is 12. The van der Waals surface area contributed by atoms with E-state index in [0.717, 1.165) is 38.8 Å². The molecule has 0 spiro atoms. The molecule has 1 aliphatic rings. The molecule has 22 heteroatoms. The zero-order chi connectivity index (χ0) is 44.4. The van der Waals surface area contributed by atoms with Gasteiger partial charge in [0.25, 0.3) is 5.56 Å². The van der Waals surface area contributed by atoms with Crippen LogP contribution in [-0.4, -0.2) is 125 Å². The molecule has 0 saturated carbocycles. The van der Waals surface area contributed by atoms with Gasteiger partial charge in [-0.25, -0.2) is 14.4 Å². The molecule has 0 radical (unpaired) electrons. The van der Waals surface area contributed by atoms with Crippen LogP contribution in [0.25, 0.3) is 10.9 Å². The maximum atomic E-state index is 13.9. The van der Waals surface area contributed by atoms with Gasteiger partial charge in [0, 0.05) is 84.8 Å². The molecule has 3 heterocycles. The second kappa shape index (κ2) is 20.5. The summed E-state index contributed by atoms with van der Waals surface area (Å²) in [5.74, 6) is -3.97. The predicted octanol–water partition coefficient (Wildman–Crippen LogP) is -1.39. The number of fused-ring (bicyclic) bond motifs is 1. The number of H-pyrrole nitrogens is 2. The zero-order valence-electron chi connectivity index (χ0n) is 33.0. The van der Waals surface area contributed by atoms with E-state index in [2.05, 4.69) is 31.2 Å². The molecular weight excluding hydrogens is 819 g/mol. The highest BCUT2D eigenvalue weighted by atomic mass is 32.2. The Morgan fingerprint density at radius 2 is 1.75 bits per heavy atom. The molecule has 1 unspecified atom stereocenters. The summed E-state index contributed by atoms with van der Waals surface area (Å²) < 4.78 is 18.7. The van der Waals surface area contributed by atoms with E-state index in [0.29, 0.717) is 11.1 Å². The third-order valence-corrected chi connectivity index (χ3v) is 10.5. The largest absolute Gasteiger partial charge is 0.508 e. The van der Waals surface area contributed by atoms with Gasteiger partial charge in [0.2, 0.25) is 23.9 Å². The molecule has 0 bridgehead atoms. The Bertz CT molecular complexity index is 2430. The molecule has 5 rings (SSSR count). The molecule has 2 aromatic heterocycles. The average molecular weight is 866 g/mol. The molecular formula is C39H47N9O12S. The first-order chi connectivity index (χ1) is 29.0. The quantitative estimate of drug-likeness (QED) is 0.0552. The number of aromatic amines is 2. The van der Waals surface area contributed by atoms with Crippen LogP contribution in [0.15, 0.2) is 88.5 Å². The Balaban J connectivity index is 1.33. The van der Waals surface area contributed by atoms with Crippen LogP contribution < -0.4 is 38.2 Å². The molecule has 5 amide bonds. The number of nitrogens with one attached hydrogen (secondary N) is 6. The lowest BCUT2D eigenvalue weighted by Gasteiger charge is -2.28. The summed E-state index contributed by atoms with van der Waals surface area (Å²) in [7, 11) is -0.116. The summed E-state index contributed by atoms with van der Waals surface area (Å²) in [6, 6.07) is 7.73. The first kappa shape index (κ1) is 45.3. The minimum absolute atomic E-state index is 0.00820. The van der Waals surface area contributed by atoms with Gasteiger partial charge < -0.3 is 56.9 Å². The van der Waals surface area contributed by atoms with Crippen molar-refractivity contribution in [2.75, 3.05) is 25.6 Å². The third-order valence-electron chi connectivity index (χ3n) is 9.68. The van der Waals surface area contributed by atoms with Gasteiger partial charge in [-0.15, -0.1) is 0 Å². The highest BCUT2D eigenvalue weighted by Gasteiger charge is 2.35. The van der Waals surface area contributed by atoms with E-state index in [9.17, 15) is 53.1 Å². The predicted molar refractivity (Wildman–Crippen MR) is 220 cm³/mol. The second-order valence-corrected chi connectivity index (χ2v) is 15.9.